The van der Waals surface area contributed by atoms with E-state index >= 15 is 4.39 Å². The summed E-state index contributed by atoms with van der Waals surface area (Å²) in [6.45, 7) is 2.42. The molecular weight excluding hydrogens is 557 g/mol. The molecule has 0 bridgehead atoms. The highest BCUT2D eigenvalue weighted by Crippen LogP contribution is 2.48. The second-order valence-corrected chi connectivity index (χ2v) is 12.0. The van der Waals surface area contributed by atoms with Crippen LogP contribution < -0.4 is 20.8 Å². The molecule has 2 aliphatic rings. The molecule has 5 aromatic rings. The van der Waals surface area contributed by atoms with Gasteiger partial charge in [0.25, 0.3) is 5.91 Å². The number of rotatable bonds is 7. The maximum atomic E-state index is 16.1. The van der Waals surface area contributed by atoms with Crippen LogP contribution in [0.5, 0.6) is 11.5 Å². The Kier molecular flexibility index (Phi) is 7.07. The van der Waals surface area contributed by atoms with Crippen molar-refractivity contribution in [3.05, 3.63) is 106 Å². The van der Waals surface area contributed by atoms with Gasteiger partial charge in [0.15, 0.2) is 17.3 Å². The predicted octanol–water partition coefficient (Wildman–Crippen LogP) is 5.13. The summed E-state index contributed by atoms with van der Waals surface area (Å²) >= 11 is 0. The molecule has 2 N–H and O–H groups in total. The lowest BCUT2D eigenvalue weighted by atomic mass is 10.0. The van der Waals surface area contributed by atoms with Gasteiger partial charge in [-0.05, 0) is 55.1 Å². The molecule has 224 valence electrons. The Balaban J connectivity index is 1.45. The molecule has 2 aliphatic heterocycles. The first kappa shape index (κ1) is 28.1. The van der Waals surface area contributed by atoms with E-state index in [-0.39, 0.29) is 28.4 Å². The quantitative estimate of drug-likeness (QED) is 0.277. The standard InChI is InChI=1S/C35H34FN5O3/c1-38(2)14-15-40(19-22-8-4-3-5-9-22)35(43)27-21-41-29-16-23-10-6-7-11-24(23)17-30(29)44-34-31(41)26(33(27)42)18-28(36)32(34)39-13-12-25(37)20-39/h3-11,16-18,21,25H,12-15,19-20,37H2,1-2H3. The number of benzene rings is 4. The van der Waals surface area contributed by atoms with Crippen LogP contribution in [0.2, 0.25) is 0 Å². The van der Waals surface area contributed by atoms with Crippen molar-refractivity contribution in [3.63, 3.8) is 0 Å². The summed E-state index contributed by atoms with van der Waals surface area (Å²) in [5.74, 6) is -0.199. The first-order chi connectivity index (χ1) is 21.3. The first-order valence-corrected chi connectivity index (χ1v) is 14.9. The number of aromatic nitrogens is 1. The van der Waals surface area contributed by atoms with Crippen molar-refractivity contribution >= 4 is 33.3 Å². The fraction of sp³-hybridized carbons (Fsp3) is 0.257. The van der Waals surface area contributed by atoms with Gasteiger partial charge < -0.3 is 29.7 Å². The number of fused-ring (bicyclic) bond motifs is 3. The number of halogens is 1. The SMILES string of the molecule is CN(C)CCN(Cc1ccccc1)C(=O)c1cn2c3c(c(N4CCC(N)C4)c(F)cc3c1=O)Oc1cc3ccccc3cc1-2. The fourth-order valence-electron chi connectivity index (χ4n) is 6.27. The third-order valence-electron chi connectivity index (χ3n) is 8.56. The minimum absolute atomic E-state index is 0.0190. The van der Waals surface area contributed by atoms with Gasteiger partial charge in [-0.15, -0.1) is 0 Å². The molecule has 3 heterocycles. The molecule has 1 fully saturated rings. The summed E-state index contributed by atoms with van der Waals surface area (Å²) in [7, 11) is 3.88. The highest BCUT2D eigenvalue weighted by molar-refractivity contribution is 6.02. The van der Waals surface area contributed by atoms with Crippen molar-refractivity contribution in [1.29, 1.82) is 0 Å². The molecule has 4 aromatic carbocycles. The second kappa shape index (κ2) is 11.1. The van der Waals surface area contributed by atoms with Crippen molar-refractivity contribution in [2.24, 2.45) is 5.73 Å². The van der Waals surface area contributed by atoms with E-state index in [9.17, 15) is 9.59 Å². The summed E-state index contributed by atoms with van der Waals surface area (Å²) in [6.07, 6.45) is 2.33. The molecule has 44 heavy (non-hydrogen) atoms. The number of nitrogens with two attached hydrogens (primary N) is 1. The number of amides is 1. The zero-order chi connectivity index (χ0) is 30.5. The Hall–Kier alpha value is -4.73. The summed E-state index contributed by atoms with van der Waals surface area (Å²) in [6, 6.07) is 22.7. The van der Waals surface area contributed by atoms with Gasteiger partial charge >= 0.3 is 0 Å². The van der Waals surface area contributed by atoms with E-state index in [1.54, 1.807) is 11.1 Å². The maximum Gasteiger partial charge on any atom is 0.259 e. The van der Waals surface area contributed by atoms with Crippen LogP contribution in [0.25, 0.3) is 27.4 Å². The Morgan fingerprint density at radius 3 is 2.45 bits per heavy atom. The van der Waals surface area contributed by atoms with Crippen LogP contribution in [0.1, 0.15) is 22.3 Å². The second-order valence-electron chi connectivity index (χ2n) is 12.0. The number of hydrogen-bond acceptors (Lipinski definition) is 6. The van der Waals surface area contributed by atoms with Crippen molar-refractivity contribution in [1.82, 2.24) is 14.4 Å². The van der Waals surface area contributed by atoms with E-state index in [0.29, 0.717) is 49.7 Å². The molecule has 1 saturated heterocycles. The lowest BCUT2D eigenvalue weighted by Crippen LogP contribution is -2.38. The van der Waals surface area contributed by atoms with Crippen molar-refractivity contribution in [2.45, 2.75) is 19.0 Å². The van der Waals surface area contributed by atoms with Crippen molar-refractivity contribution in [2.75, 3.05) is 45.2 Å². The fourth-order valence-corrected chi connectivity index (χ4v) is 6.27. The van der Waals surface area contributed by atoms with Gasteiger partial charge in [0.05, 0.1) is 11.1 Å². The highest BCUT2D eigenvalue weighted by Gasteiger charge is 2.33. The molecule has 1 aromatic heterocycles. The Morgan fingerprint density at radius 2 is 1.75 bits per heavy atom. The number of hydrogen-bond donors (Lipinski definition) is 1. The molecule has 8 nitrogen and oxygen atoms in total. The number of ether oxygens (including phenoxy) is 1. The van der Waals surface area contributed by atoms with Crippen molar-refractivity contribution < 1.29 is 13.9 Å². The lowest BCUT2D eigenvalue weighted by Gasteiger charge is -2.30. The molecule has 1 atom stereocenters. The summed E-state index contributed by atoms with van der Waals surface area (Å²) in [5.41, 5.74) is 8.00. The van der Waals surface area contributed by atoms with Crippen LogP contribution in [0.3, 0.4) is 0 Å². The third-order valence-corrected chi connectivity index (χ3v) is 8.56. The Labute approximate surface area is 254 Å². The maximum absolute atomic E-state index is 16.1. The smallest absolute Gasteiger partial charge is 0.259 e. The topological polar surface area (TPSA) is 84.0 Å². The summed E-state index contributed by atoms with van der Waals surface area (Å²) < 4.78 is 24.4. The summed E-state index contributed by atoms with van der Waals surface area (Å²) in [4.78, 5) is 34.0. The van der Waals surface area contributed by atoms with E-state index in [4.69, 9.17) is 10.5 Å². The minimum atomic E-state index is -0.576. The zero-order valence-corrected chi connectivity index (χ0v) is 24.8. The molecule has 1 amide bonds. The lowest BCUT2D eigenvalue weighted by molar-refractivity contribution is 0.0730. The van der Waals surface area contributed by atoms with E-state index in [1.165, 1.54) is 6.07 Å². The monoisotopic (exact) mass is 591 g/mol. The molecule has 0 spiro atoms. The zero-order valence-electron chi connectivity index (χ0n) is 24.8. The molecule has 0 saturated carbocycles. The number of pyridine rings is 1. The largest absolute Gasteiger partial charge is 0.451 e. The van der Waals surface area contributed by atoms with Gasteiger partial charge in [-0.1, -0.05) is 54.6 Å². The van der Waals surface area contributed by atoms with E-state index < -0.39 is 17.2 Å². The summed E-state index contributed by atoms with van der Waals surface area (Å²) in [5, 5.41) is 2.03. The van der Waals surface area contributed by atoms with E-state index in [2.05, 4.69) is 0 Å². The average Bonchev–Trinajstić information content (AvgIpc) is 3.45. The molecule has 0 aliphatic carbocycles. The number of carbonyl (C=O) groups is 1. The van der Waals surface area contributed by atoms with Crippen LogP contribution in [-0.4, -0.2) is 66.6 Å². The van der Waals surface area contributed by atoms with Crippen molar-refractivity contribution in [3.8, 4) is 17.2 Å². The van der Waals surface area contributed by atoms with Crippen LogP contribution in [-0.2, 0) is 6.54 Å². The van der Waals surface area contributed by atoms with Gasteiger partial charge in [0.2, 0.25) is 5.43 Å². The highest BCUT2D eigenvalue weighted by atomic mass is 19.1. The van der Waals surface area contributed by atoms with E-state index in [1.807, 2.05) is 95.2 Å². The third kappa shape index (κ3) is 4.88. The molecule has 1 unspecified atom stereocenters. The molecule has 7 rings (SSSR count). The average molecular weight is 592 g/mol. The van der Waals surface area contributed by atoms with Crippen LogP contribution in [0.4, 0.5) is 10.1 Å². The number of anilines is 1. The molecular formula is C35H34FN5O3. The van der Waals surface area contributed by atoms with Crippen LogP contribution in [0, 0.1) is 5.82 Å². The van der Waals surface area contributed by atoms with Gasteiger partial charge in [-0.2, -0.15) is 0 Å². The number of likely N-dealkylation sites (N-methyl/N-ethyl adjacent to an activating group) is 1. The normalized spacial score (nSPS) is 15.6. The van der Waals surface area contributed by atoms with Gasteiger partial charge in [0, 0.05) is 45.0 Å². The minimum Gasteiger partial charge on any atom is -0.451 e. The number of carbonyl (C=O) groups excluding carboxylic acids is 1. The Morgan fingerprint density at radius 1 is 1.02 bits per heavy atom. The number of nitrogens with zero attached hydrogens (tertiary/aromatic N) is 4. The van der Waals surface area contributed by atoms with Crippen LogP contribution >= 0.6 is 0 Å². The first-order valence-electron chi connectivity index (χ1n) is 14.9. The van der Waals surface area contributed by atoms with E-state index in [0.717, 1.165) is 22.8 Å². The predicted molar refractivity (Wildman–Crippen MR) is 172 cm³/mol. The molecule has 0 radical (unpaired) electrons. The Bertz CT molecular complexity index is 1970. The van der Waals surface area contributed by atoms with Gasteiger partial charge in [-0.3, -0.25) is 9.59 Å². The van der Waals surface area contributed by atoms with Gasteiger partial charge in [0.1, 0.15) is 16.8 Å². The molecule has 9 heteroatoms. The van der Waals surface area contributed by atoms with Gasteiger partial charge in [-0.25, -0.2) is 4.39 Å². The van der Waals surface area contributed by atoms with Crippen LogP contribution in [0.15, 0.2) is 83.8 Å².